The molecule has 2 heterocycles. The number of hydrogen-bond acceptors (Lipinski definition) is 7. The van der Waals surface area contributed by atoms with E-state index in [2.05, 4.69) is 15.4 Å². The lowest BCUT2D eigenvalue weighted by Crippen LogP contribution is -2.32. The highest BCUT2D eigenvalue weighted by Gasteiger charge is 2.24. The van der Waals surface area contributed by atoms with E-state index in [1.807, 2.05) is 33.8 Å². The summed E-state index contributed by atoms with van der Waals surface area (Å²) in [5, 5.41) is 6.93. The third-order valence-corrected chi connectivity index (χ3v) is 8.95. The number of anilines is 2. The molecule has 1 aromatic carbocycles. The van der Waals surface area contributed by atoms with E-state index in [4.69, 9.17) is 4.52 Å². The molecule has 0 aliphatic carbocycles. The van der Waals surface area contributed by atoms with Crippen LogP contribution in [0.1, 0.15) is 50.1 Å². The van der Waals surface area contributed by atoms with Gasteiger partial charge in [0.25, 0.3) is 0 Å². The molecule has 0 bridgehead atoms. The molecular weight excluding hydrogens is 460 g/mol. The number of nitrogens with one attached hydrogen (secondary N) is 1. The first-order valence-corrected chi connectivity index (χ1v) is 14.1. The Morgan fingerprint density at radius 3 is 2.48 bits per heavy atom. The number of nitrogens with zero attached hydrogens (tertiary/aromatic N) is 3. The molecule has 1 aromatic heterocycles. The summed E-state index contributed by atoms with van der Waals surface area (Å²) in [7, 11) is -3.62. The number of aryl methyl sites for hydroxylation is 2. The van der Waals surface area contributed by atoms with Gasteiger partial charge in [0.1, 0.15) is 5.76 Å². The Morgan fingerprint density at radius 1 is 1.18 bits per heavy atom. The van der Waals surface area contributed by atoms with Crippen LogP contribution in [0.3, 0.4) is 0 Å². The summed E-state index contributed by atoms with van der Waals surface area (Å²) in [6.07, 6.45) is 3.35. The number of piperidine rings is 1. The van der Waals surface area contributed by atoms with E-state index in [-0.39, 0.29) is 16.6 Å². The fourth-order valence-electron chi connectivity index (χ4n) is 4.04. The standard InChI is InChI=1S/C23H34N4O4S2/c1-5-27(6-2)33(29,30)19-10-11-22(26-12-8-7-9-13-26)21(14-19)24-23(28)16-32-15-20-17(3)25-31-18(20)4/h10-11,14H,5-9,12-13,15-16H2,1-4H3,(H,24,28). The summed E-state index contributed by atoms with van der Waals surface area (Å²) in [6.45, 7) is 9.98. The zero-order valence-corrected chi connectivity index (χ0v) is 21.5. The predicted octanol–water partition coefficient (Wildman–Crippen LogP) is 4.18. The third kappa shape index (κ3) is 6.10. The summed E-state index contributed by atoms with van der Waals surface area (Å²) in [4.78, 5) is 15.2. The van der Waals surface area contributed by atoms with Crippen LogP contribution in [-0.4, -0.2) is 55.7 Å². The van der Waals surface area contributed by atoms with Crippen LogP contribution >= 0.6 is 11.8 Å². The molecule has 33 heavy (non-hydrogen) atoms. The second-order valence-corrected chi connectivity index (χ2v) is 11.1. The van der Waals surface area contributed by atoms with E-state index < -0.39 is 10.0 Å². The van der Waals surface area contributed by atoms with Crippen molar-refractivity contribution in [2.75, 3.05) is 42.1 Å². The van der Waals surface area contributed by atoms with Crippen molar-refractivity contribution in [1.82, 2.24) is 9.46 Å². The second-order valence-electron chi connectivity index (χ2n) is 8.16. The number of rotatable bonds is 10. The lowest BCUT2D eigenvalue weighted by molar-refractivity contribution is -0.113. The average molecular weight is 495 g/mol. The number of hydrogen-bond donors (Lipinski definition) is 1. The van der Waals surface area contributed by atoms with E-state index in [1.165, 1.54) is 22.5 Å². The molecule has 1 fully saturated rings. The summed E-state index contributed by atoms with van der Waals surface area (Å²) in [6, 6.07) is 5.09. The monoisotopic (exact) mass is 494 g/mol. The molecule has 0 atom stereocenters. The van der Waals surface area contributed by atoms with Crippen LogP contribution in [0.2, 0.25) is 0 Å². The highest BCUT2D eigenvalue weighted by Crippen LogP contribution is 2.32. The van der Waals surface area contributed by atoms with Crippen molar-refractivity contribution in [3.63, 3.8) is 0 Å². The molecule has 1 saturated heterocycles. The van der Waals surface area contributed by atoms with Gasteiger partial charge in [0, 0.05) is 37.5 Å². The first kappa shape index (κ1) is 25.6. The SMILES string of the molecule is CCN(CC)S(=O)(=O)c1ccc(N2CCCCC2)c(NC(=O)CSCc2c(C)noc2C)c1. The summed E-state index contributed by atoms with van der Waals surface area (Å²) in [5.74, 6) is 1.48. The number of sulfonamides is 1. The van der Waals surface area contributed by atoms with Crippen molar-refractivity contribution in [3.8, 4) is 0 Å². The first-order chi connectivity index (χ1) is 15.8. The molecular formula is C23H34N4O4S2. The highest BCUT2D eigenvalue weighted by atomic mass is 32.2. The zero-order valence-electron chi connectivity index (χ0n) is 19.9. The molecule has 2 aromatic rings. The van der Waals surface area contributed by atoms with Gasteiger partial charge in [-0.3, -0.25) is 4.79 Å². The topological polar surface area (TPSA) is 95.8 Å². The largest absolute Gasteiger partial charge is 0.370 e. The number of amides is 1. The van der Waals surface area contributed by atoms with E-state index >= 15 is 0 Å². The Morgan fingerprint density at radius 2 is 1.88 bits per heavy atom. The van der Waals surface area contributed by atoms with Gasteiger partial charge in [-0.25, -0.2) is 8.42 Å². The number of aromatic nitrogens is 1. The van der Waals surface area contributed by atoms with Gasteiger partial charge in [-0.05, 0) is 51.3 Å². The Labute approximate surface area is 201 Å². The number of carbonyl (C=O) groups excluding carboxylic acids is 1. The third-order valence-electron chi connectivity index (χ3n) is 5.94. The van der Waals surface area contributed by atoms with Gasteiger partial charge < -0.3 is 14.7 Å². The maximum absolute atomic E-state index is 13.1. The van der Waals surface area contributed by atoms with Gasteiger partial charge >= 0.3 is 0 Å². The number of thioether (sulfide) groups is 1. The molecule has 8 nitrogen and oxygen atoms in total. The first-order valence-electron chi connectivity index (χ1n) is 11.5. The minimum absolute atomic E-state index is 0.164. The van der Waals surface area contributed by atoms with Crippen molar-refractivity contribution in [2.45, 2.75) is 57.6 Å². The zero-order chi connectivity index (χ0) is 24.0. The molecule has 1 N–H and O–H groups in total. The minimum Gasteiger partial charge on any atom is -0.370 e. The fraction of sp³-hybridized carbons (Fsp3) is 0.565. The van der Waals surface area contributed by atoms with Crippen molar-refractivity contribution in [1.29, 1.82) is 0 Å². The Hall–Kier alpha value is -2.04. The van der Waals surface area contributed by atoms with Crippen molar-refractivity contribution in [2.24, 2.45) is 0 Å². The Bertz CT molecular complexity index is 1040. The van der Waals surface area contributed by atoms with Crippen LogP contribution in [0.5, 0.6) is 0 Å². The molecule has 1 aliphatic heterocycles. The lowest BCUT2D eigenvalue weighted by atomic mass is 10.1. The predicted molar refractivity (Wildman–Crippen MR) is 133 cm³/mol. The van der Waals surface area contributed by atoms with E-state index in [9.17, 15) is 13.2 Å². The van der Waals surface area contributed by atoms with Crippen LogP contribution in [0.25, 0.3) is 0 Å². The average Bonchev–Trinajstić information content (AvgIpc) is 3.12. The number of benzene rings is 1. The van der Waals surface area contributed by atoms with Crippen LogP contribution in [0, 0.1) is 13.8 Å². The van der Waals surface area contributed by atoms with Crippen molar-refractivity contribution < 1.29 is 17.7 Å². The Kier molecular flexibility index (Phi) is 8.83. The van der Waals surface area contributed by atoms with Crippen molar-refractivity contribution in [3.05, 3.63) is 35.2 Å². The maximum atomic E-state index is 13.1. The Balaban J connectivity index is 1.80. The van der Waals surface area contributed by atoms with Gasteiger partial charge in [0.2, 0.25) is 15.9 Å². The van der Waals surface area contributed by atoms with Crippen molar-refractivity contribution >= 4 is 39.1 Å². The molecule has 1 amide bonds. The van der Waals surface area contributed by atoms with Gasteiger partial charge in [-0.2, -0.15) is 4.31 Å². The highest BCUT2D eigenvalue weighted by molar-refractivity contribution is 7.99. The minimum atomic E-state index is -3.62. The molecule has 1 aliphatic rings. The fourth-order valence-corrected chi connectivity index (χ4v) is 6.50. The second kappa shape index (κ2) is 11.4. The van der Waals surface area contributed by atoms with Gasteiger partial charge in [-0.1, -0.05) is 19.0 Å². The van der Waals surface area contributed by atoms with Gasteiger partial charge in [-0.15, -0.1) is 11.8 Å². The van der Waals surface area contributed by atoms with E-state index in [0.29, 0.717) is 24.5 Å². The summed E-state index contributed by atoms with van der Waals surface area (Å²) < 4.78 is 32.7. The van der Waals surface area contributed by atoms with Crippen LogP contribution in [-0.2, 0) is 20.6 Å². The van der Waals surface area contributed by atoms with Gasteiger partial charge in [0.05, 0.1) is 27.7 Å². The maximum Gasteiger partial charge on any atom is 0.243 e. The van der Waals surface area contributed by atoms with E-state index in [0.717, 1.165) is 48.6 Å². The van der Waals surface area contributed by atoms with E-state index in [1.54, 1.807) is 12.1 Å². The van der Waals surface area contributed by atoms with Crippen LogP contribution in [0.4, 0.5) is 11.4 Å². The lowest BCUT2D eigenvalue weighted by Gasteiger charge is -2.31. The molecule has 182 valence electrons. The van der Waals surface area contributed by atoms with Gasteiger partial charge in [0.15, 0.2) is 0 Å². The molecule has 10 heteroatoms. The molecule has 0 unspecified atom stereocenters. The quantitative estimate of drug-likeness (QED) is 0.529. The number of carbonyl (C=O) groups is 1. The molecule has 0 radical (unpaired) electrons. The smallest absolute Gasteiger partial charge is 0.243 e. The normalized spacial score (nSPS) is 14.6. The summed E-state index contributed by atoms with van der Waals surface area (Å²) >= 11 is 1.48. The summed E-state index contributed by atoms with van der Waals surface area (Å²) in [5.41, 5.74) is 3.27. The molecule has 0 saturated carbocycles. The van der Waals surface area contributed by atoms with Crippen LogP contribution < -0.4 is 10.2 Å². The van der Waals surface area contributed by atoms with Crippen LogP contribution in [0.15, 0.2) is 27.6 Å². The molecule has 3 rings (SSSR count). The molecule has 0 spiro atoms.